The van der Waals surface area contributed by atoms with Gasteiger partial charge in [0.05, 0.1) is 0 Å². The number of alkyl halides is 1. The highest BCUT2D eigenvalue weighted by Gasteiger charge is 2.66. The monoisotopic (exact) mass is 240 g/mol. The van der Waals surface area contributed by atoms with E-state index in [0.29, 0.717) is 25.7 Å². The maximum atomic E-state index is 14.5. The Bertz CT molecular complexity index is 365. The van der Waals surface area contributed by atoms with Crippen LogP contribution in [0.5, 0.6) is 0 Å². The van der Waals surface area contributed by atoms with Crippen LogP contribution in [0.3, 0.4) is 0 Å². The van der Waals surface area contributed by atoms with Crippen molar-refractivity contribution < 1.29 is 19.0 Å². The van der Waals surface area contributed by atoms with Crippen LogP contribution >= 0.6 is 0 Å². The smallest absolute Gasteiger partial charge is 0.330 e. The van der Waals surface area contributed by atoms with E-state index in [1.165, 1.54) is 0 Å². The molecule has 0 radical (unpaired) electrons. The molecule has 0 aromatic carbocycles. The third kappa shape index (κ3) is 1.46. The second kappa shape index (κ2) is 3.31. The minimum Gasteiger partial charge on any atom is -0.453 e. The largest absolute Gasteiger partial charge is 0.453 e. The van der Waals surface area contributed by atoms with Gasteiger partial charge in [0, 0.05) is 6.08 Å². The van der Waals surface area contributed by atoms with Crippen molar-refractivity contribution in [3.63, 3.8) is 0 Å². The first-order chi connectivity index (χ1) is 7.97. The molecule has 4 fully saturated rings. The van der Waals surface area contributed by atoms with Crippen molar-refractivity contribution in [1.29, 1.82) is 0 Å². The maximum Gasteiger partial charge on any atom is 0.330 e. The fraction of sp³-hybridized carbons (Fsp3) is 0.769. The fourth-order valence-corrected chi connectivity index (χ4v) is 4.37. The number of hydrogen-bond donors (Lipinski definition) is 1. The molecule has 0 spiro atoms. The molecule has 4 rings (SSSR count). The molecule has 94 valence electrons. The van der Waals surface area contributed by atoms with Crippen molar-refractivity contribution in [3.05, 3.63) is 12.7 Å². The summed E-state index contributed by atoms with van der Waals surface area (Å²) in [6, 6.07) is 0. The molecular formula is C13H17FO3. The second-order valence-corrected chi connectivity index (χ2v) is 5.94. The normalized spacial score (nSPS) is 51.3. The van der Waals surface area contributed by atoms with Gasteiger partial charge in [-0.05, 0) is 43.9 Å². The van der Waals surface area contributed by atoms with Crippen LogP contribution in [0.1, 0.15) is 32.1 Å². The molecule has 0 heterocycles. The summed E-state index contributed by atoms with van der Waals surface area (Å²) >= 11 is 0. The van der Waals surface area contributed by atoms with Crippen LogP contribution in [0.15, 0.2) is 12.7 Å². The summed E-state index contributed by atoms with van der Waals surface area (Å²) in [7, 11) is 0. The first kappa shape index (κ1) is 11.2. The van der Waals surface area contributed by atoms with Crippen LogP contribution in [-0.4, -0.2) is 28.4 Å². The molecule has 3 atom stereocenters. The molecule has 0 aliphatic heterocycles. The summed E-state index contributed by atoms with van der Waals surface area (Å²) in [4.78, 5) is 11.4. The van der Waals surface area contributed by atoms with E-state index in [1.54, 1.807) is 0 Å². The van der Waals surface area contributed by atoms with Crippen molar-refractivity contribution >= 4 is 5.97 Å². The van der Waals surface area contributed by atoms with Gasteiger partial charge in [0.25, 0.3) is 0 Å². The fourth-order valence-electron chi connectivity index (χ4n) is 4.37. The average Bonchev–Trinajstić information content (AvgIpc) is 2.24. The van der Waals surface area contributed by atoms with Crippen molar-refractivity contribution in [2.45, 2.75) is 49.5 Å². The topological polar surface area (TPSA) is 46.5 Å². The Kier molecular flexibility index (Phi) is 2.18. The molecule has 4 bridgehead atoms. The third-order valence-corrected chi connectivity index (χ3v) is 4.62. The molecule has 0 aromatic heterocycles. The second-order valence-electron chi connectivity index (χ2n) is 5.94. The Morgan fingerprint density at radius 2 is 1.94 bits per heavy atom. The molecule has 4 saturated carbocycles. The van der Waals surface area contributed by atoms with Crippen LogP contribution in [0.4, 0.5) is 4.39 Å². The number of carbonyl (C=O) groups excluding carboxylic acids is 1. The van der Waals surface area contributed by atoms with Gasteiger partial charge >= 0.3 is 5.97 Å². The lowest BCUT2D eigenvalue weighted by Crippen LogP contribution is -2.68. The summed E-state index contributed by atoms with van der Waals surface area (Å²) < 4.78 is 19.7. The zero-order valence-corrected chi connectivity index (χ0v) is 9.69. The Labute approximate surface area is 99.6 Å². The first-order valence-corrected chi connectivity index (χ1v) is 6.19. The van der Waals surface area contributed by atoms with Crippen LogP contribution in [0.25, 0.3) is 0 Å². The molecule has 3 unspecified atom stereocenters. The van der Waals surface area contributed by atoms with Gasteiger partial charge in [-0.15, -0.1) is 0 Å². The number of aliphatic hydroxyl groups is 1. The van der Waals surface area contributed by atoms with Gasteiger partial charge in [-0.25, -0.2) is 9.18 Å². The van der Waals surface area contributed by atoms with E-state index in [-0.39, 0.29) is 11.8 Å². The van der Waals surface area contributed by atoms with Crippen molar-refractivity contribution in [2.75, 3.05) is 0 Å². The molecule has 1 N–H and O–H groups in total. The van der Waals surface area contributed by atoms with Gasteiger partial charge in [-0.3, -0.25) is 0 Å². The molecule has 4 aliphatic carbocycles. The quantitative estimate of drug-likeness (QED) is 0.591. The molecule has 4 heteroatoms. The van der Waals surface area contributed by atoms with E-state index in [0.717, 1.165) is 12.5 Å². The summed E-state index contributed by atoms with van der Waals surface area (Å²) in [6.45, 7) is 3.34. The Balaban J connectivity index is 1.93. The van der Waals surface area contributed by atoms with Crippen molar-refractivity contribution in [2.24, 2.45) is 11.8 Å². The Morgan fingerprint density at radius 1 is 1.35 bits per heavy atom. The van der Waals surface area contributed by atoms with E-state index >= 15 is 0 Å². The van der Waals surface area contributed by atoms with Gasteiger partial charge < -0.3 is 9.84 Å². The van der Waals surface area contributed by atoms with E-state index < -0.39 is 23.3 Å². The van der Waals surface area contributed by atoms with Crippen LogP contribution in [0, 0.1) is 11.8 Å². The predicted molar refractivity (Wildman–Crippen MR) is 58.9 cm³/mol. The molecule has 3 nitrogen and oxygen atoms in total. The molecule has 0 amide bonds. The number of rotatable bonds is 2. The zero-order chi connectivity index (χ0) is 12.3. The van der Waals surface area contributed by atoms with Crippen molar-refractivity contribution in [1.82, 2.24) is 0 Å². The van der Waals surface area contributed by atoms with Crippen molar-refractivity contribution in [3.8, 4) is 0 Å². The minimum absolute atomic E-state index is 0.289. The van der Waals surface area contributed by atoms with Gasteiger partial charge in [0.2, 0.25) is 0 Å². The lowest BCUT2D eigenvalue weighted by atomic mass is 9.51. The van der Waals surface area contributed by atoms with E-state index in [2.05, 4.69) is 6.58 Å². The number of halogens is 1. The number of ether oxygens (including phenoxy) is 1. The molecular weight excluding hydrogens is 223 g/mol. The van der Waals surface area contributed by atoms with Gasteiger partial charge in [-0.1, -0.05) is 6.58 Å². The average molecular weight is 240 g/mol. The molecule has 4 aliphatic rings. The van der Waals surface area contributed by atoms with E-state index in [1.807, 2.05) is 0 Å². The van der Waals surface area contributed by atoms with Crippen LogP contribution in [0.2, 0.25) is 0 Å². The number of hydrogen-bond acceptors (Lipinski definition) is 3. The van der Waals surface area contributed by atoms with Gasteiger partial charge in [-0.2, -0.15) is 0 Å². The summed E-state index contributed by atoms with van der Waals surface area (Å²) in [5, 5.41) is 10.3. The lowest BCUT2D eigenvalue weighted by Gasteiger charge is -2.60. The standard InChI is InChI=1S/C13H17FO3/c1-2-10(15)17-13-6-8-3-9(7-13)5-12(16,4-8)11(13)14/h2,8-9,11,16H,1,3-7H2. The van der Waals surface area contributed by atoms with Crippen LogP contribution in [-0.2, 0) is 9.53 Å². The third-order valence-electron chi connectivity index (χ3n) is 4.62. The number of carbonyl (C=O) groups is 1. The van der Waals surface area contributed by atoms with E-state index in [4.69, 9.17) is 4.74 Å². The zero-order valence-electron chi connectivity index (χ0n) is 9.69. The summed E-state index contributed by atoms with van der Waals surface area (Å²) in [5.41, 5.74) is -2.37. The predicted octanol–water partition coefficient (Wildman–Crippen LogP) is 1.75. The highest BCUT2D eigenvalue weighted by molar-refractivity contribution is 5.81. The van der Waals surface area contributed by atoms with Gasteiger partial charge in [0.15, 0.2) is 6.17 Å². The lowest BCUT2D eigenvalue weighted by molar-refractivity contribution is -0.256. The molecule has 17 heavy (non-hydrogen) atoms. The number of esters is 1. The highest BCUT2D eigenvalue weighted by Crippen LogP contribution is 2.59. The van der Waals surface area contributed by atoms with Crippen LogP contribution < -0.4 is 0 Å². The minimum atomic E-state index is -1.45. The SMILES string of the molecule is C=CC(=O)OC12CC3CC(CC(O)(C3)C1F)C2. The Morgan fingerprint density at radius 3 is 2.47 bits per heavy atom. The first-order valence-electron chi connectivity index (χ1n) is 6.19. The summed E-state index contributed by atoms with van der Waals surface area (Å²) in [6.07, 6.45) is 2.76. The highest BCUT2D eigenvalue weighted by atomic mass is 19.1. The van der Waals surface area contributed by atoms with E-state index in [9.17, 15) is 14.3 Å². The molecule has 0 saturated heterocycles. The maximum absolute atomic E-state index is 14.5. The summed E-state index contributed by atoms with van der Waals surface area (Å²) in [5.74, 6) is -0.00701. The van der Waals surface area contributed by atoms with Gasteiger partial charge in [0.1, 0.15) is 11.2 Å². The molecule has 0 aromatic rings. The Hall–Kier alpha value is -0.900.